The van der Waals surface area contributed by atoms with Gasteiger partial charge in [-0.15, -0.1) is 0 Å². The lowest BCUT2D eigenvalue weighted by Crippen LogP contribution is -2.61. The Bertz CT molecular complexity index is 819. The van der Waals surface area contributed by atoms with Crippen LogP contribution in [0.25, 0.3) is 0 Å². The Morgan fingerprint density at radius 3 is 2.22 bits per heavy atom. The third-order valence-corrected chi connectivity index (χ3v) is 4.48. The van der Waals surface area contributed by atoms with E-state index in [0.717, 1.165) is 0 Å². The second-order valence-corrected chi connectivity index (χ2v) is 6.34. The molecule has 27 heavy (non-hydrogen) atoms. The molecule has 6 nitrogen and oxygen atoms in total. The summed E-state index contributed by atoms with van der Waals surface area (Å²) in [5, 5.41) is 3.77. The number of nitrogens with one attached hydrogen (secondary N) is 1. The highest BCUT2D eigenvalue weighted by atomic mass is 35.5. The van der Waals surface area contributed by atoms with Gasteiger partial charge in [-0.3, -0.25) is 0 Å². The van der Waals surface area contributed by atoms with Gasteiger partial charge in [0.2, 0.25) is 0 Å². The van der Waals surface area contributed by atoms with Crippen molar-refractivity contribution in [1.29, 1.82) is 0 Å². The summed E-state index contributed by atoms with van der Waals surface area (Å²) in [4.78, 5) is 26.0. The average Bonchev–Trinajstić information content (AvgIpc) is 2.67. The number of hydrogen-bond donors (Lipinski definition) is 1. The first-order valence-corrected chi connectivity index (χ1v) is 9.05. The second-order valence-electron chi connectivity index (χ2n) is 5.90. The number of esters is 2. The molecule has 0 fully saturated rings. The predicted octanol–water partition coefficient (Wildman–Crippen LogP) is 3.75. The topological polar surface area (TPSA) is 73.9 Å². The molecule has 142 valence electrons. The first kappa shape index (κ1) is 19.0. The fourth-order valence-electron chi connectivity index (χ4n) is 3.02. The van der Waals surface area contributed by atoms with Gasteiger partial charge in [0.1, 0.15) is 11.8 Å². The molecular formula is C20H20ClNO5. The van der Waals surface area contributed by atoms with Crippen molar-refractivity contribution < 1.29 is 23.8 Å². The van der Waals surface area contributed by atoms with Crippen LogP contribution in [0.5, 0.6) is 5.75 Å². The minimum atomic E-state index is -2.02. The van der Waals surface area contributed by atoms with Crippen molar-refractivity contribution in [2.24, 2.45) is 0 Å². The number of benzene rings is 2. The normalized spacial score (nSPS) is 17.1. The van der Waals surface area contributed by atoms with Crippen LogP contribution in [0.2, 0.25) is 5.02 Å². The zero-order valence-electron chi connectivity index (χ0n) is 15.0. The molecule has 1 aliphatic rings. The zero-order chi connectivity index (χ0) is 19.4. The number of rotatable bonds is 5. The minimum absolute atomic E-state index is 0.0956. The summed E-state index contributed by atoms with van der Waals surface area (Å²) in [6.45, 7) is 3.52. The fourth-order valence-corrected chi connectivity index (χ4v) is 3.14. The van der Waals surface area contributed by atoms with Crippen molar-refractivity contribution >= 4 is 29.2 Å². The summed E-state index contributed by atoms with van der Waals surface area (Å²) in [6.07, 6.45) is 0. The van der Waals surface area contributed by atoms with E-state index in [1.54, 1.807) is 56.3 Å². The van der Waals surface area contributed by atoms with E-state index in [2.05, 4.69) is 5.32 Å². The van der Waals surface area contributed by atoms with Crippen LogP contribution in [0.15, 0.2) is 48.5 Å². The maximum Gasteiger partial charge on any atom is 0.365 e. The standard InChI is InChI=1S/C20H20ClNO5/c1-3-25-18(23)20(19(24)26-4-2)17(13-9-11-14(21)12-10-13)22-15-7-5-6-8-16(15)27-20/h5-12,17,22H,3-4H2,1-2H3/t17-/m1/s1. The predicted molar refractivity (Wildman–Crippen MR) is 101 cm³/mol. The van der Waals surface area contributed by atoms with Crippen molar-refractivity contribution in [3.05, 3.63) is 59.1 Å². The molecule has 1 N–H and O–H groups in total. The third-order valence-electron chi connectivity index (χ3n) is 4.23. The summed E-state index contributed by atoms with van der Waals surface area (Å²) >= 11 is 5.99. The lowest BCUT2D eigenvalue weighted by atomic mass is 9.86. The Labute approximate surface area is 162 Å². The summed E-state index contributed by atoms with van der Waals surface area (Å²) < 4.78 is 16.4. The quantitative estimate of drug-likeness (QED) is 0.620. The van der Waals surface area contributed by atoms with Gasteiger partial charge in [0.15, 0.2) is 0 Å². The molecule has 3 rings (SSSR count). The number of anilines is 1. The molecule has 0 radical (unpaired) electrons. The van der Waals surface area contributed by atoms with Crippen molar-refractivity contribution in [3.8, 4) is 5.75 Å². The zero-order valence-corrected chi connectivity index (χ0v) is 15.8. The van der Waals surface area contributed by atoms with Crippen LogP contribution in [0.3, 0.4) is 0 Å². The summed E-state index contributed by atoms with van der Waals surface area (Å²) in [5.74, 6) is -1.26. The van der Waals surface area contributed by atoms with E-state index in [9.17, 15) is 9.59 Å². The third kappa shape index (κ3) is 3.45. The van der Waals surface area contributed by atoms with Crippen LogP contribution in [0.1, 0.15) is 25.5 Å². The molecule has 0 aromatic heterocycles. The molecule has 0 spiro atoms. The highest BCUT2D eigenvalue weighted by Crippen LogP contribution is 2.44. The van der Waals surface area contributed by atoms with Crippen LogP contribution in [0, 0.1) is 0 Å². The molecule has 0 unspecified atom stereocenters. The van der Waals surface area contributed by atoms with Gasteiger partial charge < -0.3 is 19.5 Å². The van der Waals surface area contributed by atoms with E-state index in [4.69, 9.17) is 25.8 Å². The Morgan fingerprint density at radius 2 is 1.63 bits per heavy atom. The first-order chi connectivity index (χ1) is 13.0. The summed E-state index contributed by atoms with van der Waals surface area (Å²) in [5.41, 5.74) is -0.731. The molecule has 2 aromatic carbocycles. The molecule has 0 aliphatic carbocycles. The Hall–Kier alpha value is -2.73. The van der Waals surface area contributed by atoms with E-state index in [-0.39, 0.29) is 13.2 Å². The summed E-state index contributed by atoms with van der Waals surface area (Å²) in [6, 6.07) is 13.0. The number of carbonyl (C=O) groups excluding carboxylic acids is 2. The van der Waals surface area contributed by atoms with Crippen LogP contribution >= 0.6 is 11.6 Å². The number of fused-ring (bicyclic) bond motifs is 1. The average molecular weight is 390 g/mol. The Kier molecular flexibility index (Phi) is 5.56. The van der Waals surface area contributed by atoms with Crippen LogP contribution in [-0.4, -0.2) is 30.8 Å². The largest absolute Gasteiger partial charge is 0.462 e. The molecule has 2 aromatic rings. The Morgan fingerprint density at radius 1 is 1.04 bits per heavy atom. The lowest BCUT2D eigenvalue weighted by Gasteiger charge is -2.41. The van der Waals surface area contributed by atoms with Crippen molar-refractivity contribution in [2.75, 3.05) is 18.5 Å². The van der Waals surface area contributed by atoms with Gasteiger partial charge in [-0.1, -0.05) is 35.9 Å². The molecule has 1 aliphatic heterocycles. The molecular weight excluding hydrogens is 370 g/mol. The van der Waals surface area contributed by atoms with Gasteiger partial charge in [0.05, 0.1) is 18.9 Å². The van der Waals surface area contributed by atoms with Gasteiger partial charge in [-0.2, -0.15) is 0 Å². The second kappa shape index (κ2) is 7.88. The number of carbonyl (C=O) groups is 2. The van der Waals surface area contributed by atoms with E-state index in [1.165, 1.54) is 0 Å². The molecule has 1 heterocycles. The summed E-state index contributed by atoms with van der Waals surface area (Å²) in [7, 11) is 0. The van der Waals surface area contributed by atoms with Crippen molar-refractivity contribution in [1.82, 2.24) is 0 Å². The van der Waals surface area contributed by atoms with Gasteiger partial charge in [0, 0.05) is 5.02 Å². The fraction of sp³-hybridized carbons (Fsp3) is 0.300. The van der Waals surface area contributed by atoms with Crippen molar-refractivity contribution in [2.45, 2.75) is 25.5 Å². The van der Waals surface area contributed by atoms with Gasteiger partial charge in [-0.05, 0) is 43.7 Å². The van der Waals surface area contributed by atoms with Gasteiger partial charge in [0.25, 0.3) is 0 Å². The molecule has 0 amide bonds. The SMILES string of the molecule is CCOC(=O)C1(C(=O)OCC)Oc2ccccc2N[C@@H]1c1ccc(Cl)cc1. The molecule has 1 atom stereocenters. The highest BCUT2D eigenvalue weighted by molar-refractivity contribution is 6.30. The van der Waals surface area contributed by atoms with Crippen molar-refractivity contribution in [3.63, 3.8) is 0 Å². The molecule has 0 saturated heterocycles. The van der Waals surface area contributed by atoms with Gasteiger partial charge >= 0.3 is 17.5 Å². The van der Waals surface area contributed by atoms with E-state index in [1.807, 2.05) is 6.07 Å². The van der Waals surface area contributed by atoms with Gasteiger partial charge in [-0.25, -0.2) is 9.59 Å². The number of ether oxygens (including phenoxy) is 3. The highest BCUT2D eigenvalue weighted by Gasteiger charge is 2.61. The van der Waals surface area contributed by atoms with E-state index in [0.29, 0.717) is 22.0 Å². The van der Waals surface area contributed by atoms with Crippen LogP contribution in [-0.2, 0) is 19.1 Å². The smallest absolute Gasteiger partial charge is 0.365 e. The Balaban J connectivity index is 2.18. The van der Waals surface area contributed by atoms with Crippen LogP contribution in [0.4, 0.5) is 5.69 Å². The number of hydrogen-bond acceptors (Lipinski definition) is 6. The maximum absolute atomic E-state index is 13.0. The van der Waals surface area contributed by atoms with E-state index < -0.39 is 23.6 Å². The maximum atomic E-state index is 13.0. The number of halogens is 1. The van der Waals surface area contributed by atoms with Crippen LogP contribution < -0.4 is 10.1 Å². The molecule has 0 saturated carbocycles. The monoisotopic (exact) mass is 389 g/mol. The molecule has 7 heteroatoms. The minimum Gasteiger partial charge on any atom is -0.462 e. The van der Waals surface area contributed by atoms with E-state index >= 15 is 0 Å². The lowest BCUT2D eigenvalue weighted by molar-refractivity contribution is -0.182. The molecule has 0 bridgehead atoms. The first-order valence-electron chi connectivity index (χ1n) is 8.67. The number of para-hydroxylation sites is 2.